The third-order valence-electron chi connectivity index (χ3n) is 3.87. The molecule has 0 saturated heterocycles. The number of carbonyl (C=O) groups excluding carboxylic acids is 2. The molecule has 0 fully saturated rings. The second kappa shape index (κ2) is 8.02. The fraction of sp³-hybridized carbons (Fsp3) is 0.238. The van der Waals surface area contributed by atoms with Crippen LogP contribution in [0.3, 0.4) is 0 Å². The van der Waals surface area contributed by atoms with Gasteiger partial charge < -0.3 is 10.1 Å². The number of ether oxygens (including phenoxy) is 1. The van der Waals surface area contributed by atoms with Gasteiger partial charge in [0.05, 0.1) is 0 Å². The van der Waals surface area contributed by atoms with Crippen LogP contribution in [0, 0.1) is 18.6 Å². The van der Waals surface area contributed by atoms with Crippen molar-refractivity contribution >= 4 is 23.5 Å². The van der Waals surface area contributed by atoms with Crippen molar-refractivity contribution in [2.24, 2.45) is 0 Å². The van der Waals surface area contributed by atoms with Gasteiger partial charge >= 0.3 is 6.09 Å². The van der Waals surface area contributed by atoms with Gasteiger partial charge in [-0.1, -0.05) is 6.07 Å². The molecule has 7 nitrogen and oxygen atoms in total. The summed E-state index contributed by atoms with van der Waals surface area (Å²) in [5.74, 6) is -2.10. The summed E-state index contributed by atoms with van der Waals surface area (Å²) in [4.78, 5) is 29.0. The van der Waals surface area contributed by atoms with Crippen LogP contribution in [0.2, 0.25) is 0 Å². The Hall–Kier alpha value is -3.62. The van der Waals surface area contributed by atoms with Crippen molar-refractivity contribution in [3.05, 3.63) is 71.1 Å². The summed E-state index contributed by atoms with van der Waals surface area (Å²) < 4.78 is 32.9. The summed E-state index contributed by atoms with van der Waals surface area (Å²) in [6, 6.07) is 9.16. The summed E-state index contributed by atoms with van der Waals surface area (Å²) >= 11 is 0. The highest BCUT2D eigenvalue weighted by Gasteiger charge is 2.21. The van der Waals surface area contributed by atoms with Crippen LogP contribution in [0.15, 0.2) is 42.5 Å². The van der Waals surface area contributed by atoms with E-state index in [1.807, 2.05) is 0 Å². The Balaban J connectivity index is 1.80. The van der Waals surface area contributed by atoms with E-state index in [2.05, 4.69) is 15.4 Å². The molecule has 3 rings (SSSR count). The number of ketones is 1. The molecule has 0 saturated carbocycles. The number of nitrogens with one attached hydrogen (secondary N) is 1. The number of benzene rings is 1. The summed E-state index contributed by atoms with van der Waals surface area (Å²) in [6.45, 7) is 6.95. The van der Waals surface area contributed by atoms with E-state index >= 15 is 0 Å². The Bertz CT molecular complexity index is 1120. The number of aromatic nitrogens is 3. The van der Waals surface area contributed by atoms with Crippen LogP contribution >= 0.6 is 0 Å². The molecular formula is C21H20F2N4O3. The van der Waals surface area contributed by atoms with Crippen molar-refractivity contribution in [2.45, 2.75) is 33.3 Å². The number of pyridine rings is 1. The van der Waals surface area contributed by atoms with Crippen molar-refractivity contribution in [1.82, 2.24) is 14.8 Å². The predicted molar refractivity (Wildman–Crippen MR) is 106 cm³/mol. The summed E-state index contributed by atoms with van der Waals surface area (Å²) in [5, 5.41) is 7.07. The number of hydrogen-bond donors (Lipinski definition) is 1. The van der Waals surface area contributed by atoms with Gasteiger partial charge in [-0.05, 0) is 58.0 Å². The first kappa shape index (κ1) is 21.1. The first-order valence-electron chi connectivity index (χ1n) is 9.07. The molecule has 0 radical (unpaired) electrons. The smallest absolute Gasteiger partial charge is 0.435 e. The van der Waals surface area contributed by atoms with Gasteiger partial charge in [0, 0.05) is 17.3 Å². The molecule has 0 unspecified atom stereocenters. The molecule has 0 spiro atoms. The van der Waals surface area contributed by atoms with E-state index in [9.17, 15) is 18.4 Å². The molecule has 2 heterocycles. The first-order chi connectivity index (χ1) is 14.0. The van der Waals surface area contributed by atoms with Crippen LogP contribution in [-0.4, -0.2) is 32.2 Å². The number of anilines is 2. The van der Waals surface area contributed by atoms with Crippen LogP contribution in [0.4, 0.5) is 25.2 Å². The number of carbonyl (C=O) groups is 2. The number of halogens is 2. The third-order valence-corrected chi connectivity index (χ3v) is 3.87. The second-order valence-electron chi connectivity index (χ2n) is 7.55. The minimum atomic E-state index is -1.11. The van der Waals surface area contributed by atoms with Crippen LogP contribution in [-0.2, 0) is 4.74 Å². The fourth-order valence-electron chi connectivity index (χ4n) is 2.57. The van der Waals surface area contributed by atoms with Gasteiger partial charge in [0.15, 0.2) is 17.5 Å². The maximum atomic E-state index is 13.4. The highest BCUT2D eigenvalue weighted by molar-refractivity contribution is 6.07. The Kier molecular flexibility index (Phi) is 5.64. The van der Waals surface area contributed by atoms with Gasteiger partial charge in [0.1, 0.15) is 17.1 Å². The van der Waals surface area contributed by atoms with Crippen molar-refractivity contribution < 1.29 is 23.1 Å². The fourth-order valence-corrected chi connectivity index (χ4v) is 2.57. The second-order valence-corrected chi connectivity index (χ2v) is 7.55. The lowest BCUT2D eigenvalue weighted by Gasteiger charge is -2.19. The highest BCUT2D eigenvalue weighted by Crippen LogP contribution is 2.18. The molecule has 0 bridgehead atoms. The molecular weight excluding hydrogens is 394 g/mol. The van der Waals surface area contributed by atoms with Gasteiger partial charge in [-0.25, -0.2) is 18.6 Å². The predicted octanol–water partition coefficient (Wildman–Crippen LogP) is 4.62. The van der Waals surface area contributed by atoms with Crippen LogP contribution in [0.1, 0.15) is 42.5 Å². The molecule has 0 aliphatic rings. The van der Waals surface area contributed by atoms with Crippen molar-refractivity contribution in [3.63, 3.8) is 0 Å². The van der Waals surface area contributed by atoms with Crippen LogP contribution < -0.4 is 5.32 Å². The summed E-state index contributed by atoms with van der Waals surface area (Å²) in [5.41, 5.74) is -0.113. The number of rotatable bonds is 4. The molecule has 1 N–H and O–H groups in total. The van der Waals surface area contributed by atoms with Crippen molar-refractivity contribution in [2.75, 3.05) is 5.32 Å². The highest BCUT2D eigenvalue weighted by atomic mass is 19.2. The molecule has 30 heavy (non-hydrogen) atoms. The lowest BCUT2D eigenvalue weighted by atomic mass is 10.1. The minimum absolute atomic E-state index is 0.0244. The summed E-state index contributed by atoms with van der Waals surface area (Å²) in [7, 11) is 0. The van der Waals surface area contributed by atoms with Crippen molar-refractivity contribution in [3.8, 4) is 0 Å². The average Bonchev–Trinajstić information content (AvgIpc) is 3.02. The molecule has 1 aromatic carbocycles. The lowest BCUT2D eigenvalue weighted by molar-refractivity contribution is 0.0511. The number of hydrogen-bond acceptors (Lipinski definition) is 6. The van der Waals surface area contributed by atoms with Gasteiger partial charge in [-0.2, -0.15) is 4.68 Å². The minimum Gasteiger partial charge on any atom is -0.442 e. The zero-order valence-corrected chi connectivity index (χ0v) is 16.9. The van der Waals surface area contributed by atoms with E-state index in [0.717, 1.165) is 16.8 Å². The Morgan fingerprint density at radius 3 is 2.43 bits per heavy atom. The number of nitrogens with zero attached hydrogens (tertiary/aromatic N) is 3. The van der Waals surface area contributed by atoms with E-state index in [4.69, 9.17) is 4.74 Å². The molecule has 0 atom stereocenters. The van der Waals surface area contributed by atoms with Crippen LogP contribution in [0.5, 0.6) is 0 Å². The normalized spacial score (nSPS) is 11.3. The zero-order chi connectivity index (χ0) is 22.1. The first-order valence-corrected chi connectivity index (χ1v) is 9.07. The number of aryl methyl sites for hydroxylation is 1. The molecule has 0 aliphatic heterocycles. The maximum Gasteiger partial charge on any atom is 0.435 e. The largest absolute Gasteiger partial charge is 0.442 e. The lowest BCUT2D eigenvalue weighted by Crippen LogP contribution is -2.28. The van der Waals surface area contributed by atoms with Gasteiger partial charge in [-0.15, -0.1) is 5.10 Å². The molecule has 0 amide bonds. The Morgan fingerprint density at radius 1 is 1.03 bits per heavy atom. The Labute approximate surface area is 171 Å². The molecule has 3 aromatic rings. The topological polar surface area (TPSA) is 86.1 Å². The quantitative estimate of drug-likeness (QED) is 0.627. The zero-order valence-electron chi connectivity index (χ0n) is 16.9. The van der Waals surface area contributed by atoms with E-state index in [1.165, 1.54) is 12.1 Å². The summed E-state index contributed by atoms with van der Waals surface area (Å²) in [6.07, 6.45) is -0.622. The van der Waals surface area contributed by atoms with Crippen molar-refractivity contribution in [1.29, 1.82) is 0 Å². The van der Waals surface area contributed by atoms with E-state index < -0.39 is 29.1 Å². The molecule has 156 valence electrons. The van der Waals surface area contributed by atoms with Gasteiger partial charge in [-0.3, -0.25) is 4.79 Å². The average molecular weight is 414 g/mol. The third kappa shape index (κ3) is 4.86. The molecule has 2 aromatic heterocycles. The van der Waals surface area contributed by atoms with Crippen LogP contribution in [0.25, 0.3) is 0 Å². The monoisotopic (exact) mass is 414 g/mol. The SMILES string of the molecule is Cc1cc(Nc2cccc(C(=O)c3ccc(F)c(F)c3)n2)nn1C(=O)OC(C)(C)C. The van der Waals surface area contributed by atoms with Gasteiger partial charge in [0.2, 0.25) is 5.78 Å². The Morgan fingerprint density at radius 2 is 1.77 bits per heavy atom. The van der Waals surface area contributed by atoms with E-state index in [0.29, 0.717) is 11.5 Å². The van der Waals surface area contributed by atoms with E-state index in [1.54, 1.807) is 45.9 Å². The van der Waals surface area contributed by atoms with Gasteiger partial charge in [0.25, 0.3) is 0 Å². The molecule has 9 heteroatoms. The molecule has 0 aliphatic carbocycles. The standard InChI is InChI=1S/C21H20F2N4O3/c1-12-10-18(26-27(12)20(29)30-21(2,3)4)25-17-7-5-6-16(24-17)19(28)13-8-9-14(22)15(23)11-13/h5-11H,1-4H3,(H,24,25,26). The maximum absolute atomic E-state index is 13.4. The van der Waals surface area contributed by atoms with E-state index in [-0.39, 0.29) is 17.1 Å².